The molecule has 0 saturated carbocycles. The first kappa shape index (κ1) is 80.0. The minimum atomic E-state index is 1.05. The van der Waals surface area contributed by atoms with E-state index >= 15 is 0 Å². The van der Waals surface area contributed by atoms with Crippen LogP contribution in [0, 0.1) is 0 Å². The minimum Gasteiger partial charge on any atom is -0.311 e. The largest absolute Gasteiger partial charge is 0.311 e. The fourth-order valence-corrected chi connectivity index (χ4v) is 17.9. The average molecular weight is 1660 g/mol. The van der Waals surface area contributed by atoms with E-state index < -0.39 is 0 Å². The number of rotatable bonds is 24. The lowest BCUT2D eigenvalue weighted by Gasteiger charge is -2.27. The number of nitrogens with zero attached hydrogens (tertiary/aromatic N) is 4. The van der Waals surface area contributed by atoms with Gasteiger partial charge in [0.15, 0.2) is 0 Å². The Balaban J connectivity index is 0.548. The maximum absolute atomic E-state index is 2.37. The Labute approximate surface area is 762 Å². The molecule has 21 rings (SSSR count). The van der Waals surface area contributed by atoms with Gasteiger partial charge in [-0.2, -0.15) is 0 Å². The van der Waals surface area contributed by atoms with E-state index in [1.807, 2.05) is 0 Å². The third-order valence-corrected chi connectivity index (χ3v) is 24.7. The van der Waals surface area contributed by atoms with Crippen molar-refractivity contribution in [1.82, 2.24) is 0 Å². The average Bonchev–Trinajstić information content (AvgIpc) is 0.763. The lowest BCUT2D eigenvalue weighted by Crippen LogP contribution is -2.10. The highest BCUT2D eigenvalue weighted by atomic mass is 15.2. The normalized spacial score (nSPS) is 11.1. The SMILES string of the molecule is c1ccc(-c2ccc(N(c3ccc(-c4ccccc4)cc3)c3ccc(-c4ccc(N(c5ccccc5)c5ccc(-c6ccc(-c7ccccc7)c(-c7cccc(-c8ccc(N(c9ccc(-c%10ccccc%10)cc9)c9ccc(-c%10ccc(N(c%11ccc(-c%12ccccc%12)cc%11)c%11ccc(-c%12cccc(-c%13ccccc%13)c%12)cc%11)cc%10)cc9)cc8)c7)c6)cc5)cc4)cc3)cc2)cc1. The predicted molar refractivity (Wildman–Crippen MR) is 550 cm³/mol. The molecule has 0 heterocycles. The third-order valence-electron chi connectivity index (χ3n) is 24.7. The molecule has 4 nitrogen and oxygen atoms in total. The summed E-state index contributed by atoms with van der Waals surface area (Å²) in [5.74, 6) is 0. The van der Waals surface area contributed by atoms with Crippen LogP contribution in [0.15, 0.2) is 546 Å². The van der Waals surface area contributed by atoms with Gasteiger partial charge in [0.05, 0.1) is 0 Å². The van der Waals surface area contributed by atoms with Crippen LogP contribution in [0.4, 0.5) is 68.2 Å². The first-order valence-electron chi connectivity index (χ1n) is 44.5. The second kappa shape index (κ2) is 36.9. The van der Waals surface area contributed by atoms with E-state index in [2.05, 4.69) is 566 Å². The van der Waals surface area contributed by atoms with Gasteiger partial charge in [0.2, 0.25) is 0 Å². The van der Waals surface area contributed by atoms with Crippen LogP contribution in [0.2, 0.25) is 0 Å². The van der Waals surface area contributed by atoms with Crippen molar-refractivity contribution in [2.24, 2.45) is 0 Å². The van der Waals surface area contributed by atoms with E-state index in [4.69, 9.17) is 0 Å². The van der Waals surface area contributed by atoms with Crippen molar-refractivity contribution in [3.05, 3.63) is 546 Å². The highest BCUT2D eigenvalue weighted by Gasteiger charge is 2.22. The summed E-state index contributed by atoms with van der Waals surface area (Å²) in [4.78, 5) is 9.40. The van der Waals surface area contributed by atoms with Gasteiger partial charge in [-0.3, -0.25) is 0 Å². The summed E-state index contributed by atoms with van der Waals surface area (Å²) in [5.41, 5.74) is 40.7. The predicted octanol–water partition coefficient (Wildman–Crippen LogP) is 35.6. The van der Waals surface area contributed by atoms with E-state index in [9.17, 15) is 0 Å². The number of para-hydroxylation sites is 1. The van der Waals surface area contributed by atoms with Crippen LogP contribution in [0.5, 0.6) is 0 Å². The molecule has 0 spiro atoms. The van der Waals surface area contributed by atoms with Crippen molar-refractivity contribution in [1.29, 1.82) is 0 Å². The first-order chi connectivity index (χ1) is 64.4. The Bertz CT molecular complexity index is 7270. The van der Waals surface area contributed by atoms with Gasteiger partial charge < -0.3 is 19.6 Å². The summed E-state index contributed by atoms with van der Waals surface area (Å²) in [6, 6.07) is 198. The minimum absolute atomic E-state index is 1.05. The standard InChI is InChI=1S/C126H90N4/c1-8-24-91(25-9-1)96-42-65-116(66-43-96)128(117-67-44-97(45-68-117)92-26-10-2-11-27-92)120-75-52-101(53-76-120)100-50-73-114(74-51-100)127(113-40-20-7-21-41-113)115-85-62-106(63-86-115)111-64-87-125(107-34-18-6-19-35-107)126(90-111)112-39-23-38-110(89-112)105-60-83-124(84-61-105)130(119-71-48-99(49-72-119)94-30-14-4-15-31-94)122-79-56-103(57-80-122)102-54-77-121(78-55-102)129(118-69-46-98(47-70-118)93-28-12-3-13-29-93)123-81-58-104(59-82-123)109-37-22-36-108(88-109)95-32-16-5-17-33-95/h1-90H. The lowest BCUT2D eigenvalue weighted by molar-refractivity contribution is 1.28. The molecule has 0 aliphatic rings. The quantitative estimate of drug-likeness (QED) is 0.0598. The number of hydrogen-bond donors (Lipinski definition) is 0. The fraction of sp³-hybridized carbons (Fsp3) is 0. The number of benzene rings is 21. The van der Waals surface area contributed by atoms with E-state index in [0.717, 1.165) is 135 Å². The fourth-order valence-electron chi connectivity index (χ4n) is 17.9. The molecule has 0 unspecified atom stereocenters. The topological polar surface area (TPSA) is 13.0 Å². The zero-order chi connectivity index (χ0) is 86.7. The van der Waals surface area contributed by atoms with Crippen LogP contribution < -0.4 is 19.6 Å². The van der Waals surface area contributed by atoms with Crippen LogP contribution in [-0.4, -0.2) is 0 Å². The number of hydrogen-bond acceptors (Lipinski definition) is 4. The zero-order valence-corrected chi connectivity index (χ0v) is 71.8. The number of anilines is 12. The van der Waals surface area contributed by atoms with Crippen LogP contribution in [0.1, 0.15) is 0 Å². The van der Waals surface area contributed by atoms with Gasteiger partial charge in [-0.1, -0.05) is 382 Å². The van der Waals surface area contributed by atoms with Crippen LogP contribution >= 0.6 is 0 Å². The maximum atomic E-state index is 2.37. The van der Waals surface area contributed by atoms with Crippen molar-refractivity contribution in [2.45, 2.75) is 0 Å². The van der Waals surface area contributed by atoms with Crippen molar-refractivity contribution >= 4 is 68.2 Å². The molecule has 0 N–H and O–H groups in total. The van der Waals surface area contributed by atoms with Crippen molar-refractivity contribution in [3.63, 3.8) is 0 Å². The monoisotopic (exact) mass is 1660 g/mol. The third kappa shape index (κ3) is 17.3. The summed E-state index contributed by atoms with van der Waals surface area (Å²) in [7, 11) is 0. The van der Waals surface area contributed by atoms with Gasteiger partial charge in [-0.25, -0.2) is 0 Å². The molecular formula is C126H90N4. The van der Waals surface area contributed by atoms with Crippen molar-refractivity contribution < 1.29 is 0 Å². The van der Waals surface area contributed by atoms with Gasteiger partial charge in [0.25, 0.3) is 0 Å². The molecule has 21 aromatic carbocycles. The van der Waals surface area contributed by atoms with Crippen molar-refractivity contribution in [2.75, 3.05) is 19.6 Å². The summed E-state index contributed by atoms with van der Waals surface area (Å²) in [6.07, 6.45) is 0. The maximum Gasteiger partial charge on any atom is 0.0462 e. The molecule has 0 aromatic heterocycles. The molecule has 0 bridgehead atoms. The van der Waals surface area contributed by atoms with Gasteiger partial charge >= 0.3 is 0 Å². The molecule has 21 aromatic rings. The molecule has 0 atom stereocenters. The van der Waals surface area contributed by atoms with Gasteiger partial charge in [0, 0.05) is 68.2 Å². The molecular weight excluding hydrogens is 1570 g/mol. The molecule has 0 saturated heterocycles. The molecule has 130 heavy (non-hydrogen) atoms. The molecule has 0 aliphatic heterocycles. The first-order valence-corrected chi connectivity index (χ1v) is 44.5. The summed E-state index contributed by atoms with van der Waals surface area (Å²) < 4.78 is 0. The van der Waals surface area contributed by atoms with E-state index in [1.165, 1.54) is 66.8 Å². The summed E-state index contributed by atoms with van der Waals surface area (Å²) in [5, 5.41) is 0. The highest BCUT2D eigenvalue weighted by Crippen LogP contribution is 2.46. The Morgan fingerprint density at radius 2 is 0.215 bits per heavy atom. The molecule has 0 radical (unpaired) electrons. The van der Waals surface area contributed by atoms with Gasteiger partial charge in [0.1, 0.15) is 0 Å². The summed E-state index contributed by atoms with van der Waals surface area (Å²) >= 11 is 0. The second-order valence-corrected chi connectivity index (χ2v) is 32.8. The van der Waals surface area contributed by atoms with Gasteiger partial charge in [-0.15, -0.1) is 0 Å². The smallest absolute Gasteiger partial charge is 0.0462 e. The Morgan fingerprint density at radius 3 is 0.438 bits per heavy atom. The summed E-state index contributed by atoms with van der Waals surface area (Å²) in [6.45, 7) is 0. The highest BCUT2D eigenvalue weighted by molar-refractivity contribution is 5.92. The van der Waals surface area contributed by atoms with Gasteiger partial charge in [-0.05, 0) is 297 Å². The molecule has 0 amide bonds. The molecule has 0 fully saturated rings. The Hall–Kier alpha value is -17.2. The van der Waals surface area contributed by atoms with Crippen molar-refractivity contribution in [3.8, 4) is 134 Å². The molecule has 0 aliphatic carbocycles. The molecule has 614 valence electrons. The van der Waals surface area contributed by atoms with E-state index in [-0.39, 0.29) is 0 Å². The molecule has 4 heteroatoms. The Morgan fingerprint density at radius 1 is 0.0769 bits per heavy atom. The van der Waals surface area contributed by atoms with E-state index in [1.54, 1.807) is 0 Å². The second-order valence-electron chi connectivity index (χ2n) is 32.8. The van der Waals surface area contributed by atoms with E-state index in [0.29, 0.717) is 0 Å². The zero-order valence-electron chi connectivity index (χ0n) is 71.8. The Kier molecular flexibility index (Phi) is 22.7. The lowest BCUT2D eigenvalue weighted by atomic mass is 9.90. The van der Waals surface area contributed by atoms with Crippen LogP contribution in [0.25, 0.3) is 134 Å². The van der Waals surface area contributed by atoms with Crippen LogP contribution in [-0.2, 0) is 0 Å². The van der Waals surface area contributed by atoms with Crippen LogP contribution in [0.3, 0.4) is 0 Å².